The largest absolute Gasteiger partial charge is 0.522 e. The SMILES string of the molecule is CCCC(=O)OC[C@H]1O[C@@H]([n+]2cccc(C(N)=O)c2)[C@H](OC(=O)CCC)[C@@H]1OC(=O)CCC.O=S(=O)(O)C(F)(F)F. The van der Waals surface area contributed by atoms with E-state index in [1.165, 1.54) is 16.8 Å². The molecule has 1 saturated heterocycles. The molecule has 0 aromatic carbocycles. The first-order valence-corrected chi connectivity index (χ1v) is 14.0. The van der Waals surface area contributed by atoms with Crippen molar-refractivity contribution in [2.45, 2.75) is 89.3 Å². The standard InChI is InChI=1S/C23H32N2O8.CHF3O3S/c1-4-8-17(26)30-14-16-20(32-18(27)9-5-2)21(33-19(28)10-6-3)23(31-16)25-12-7-11-15(13-25)22(24)29;2-1(3,4)8(5,6)7/h7,11-13,16,20-21,23H,4-6,8-10,14H2,1-3H3,(H-,24,29);(H,5,6,7)/p+1/t16-,20-,21-,23-;/m1./s1. The summed E-state index contributed by atoms with van der Waals surface area (Å²) < 4.78 is 81.8. The molecular formula is C24H34F3N2O11S+. The molecule has 0 spiro atoms. The Labute approximate surface area is 234 Å². The Balaban J connectivity index is 0.000000915. The topological polar surface area (TPSA) is 189 Å². The number of aromatic nitrogens is 1. The van der Waals surface area contributed by atoms with Gasteiger partial charge in [-0.1, -0.05) is 20.8 Å². The Bertz CT molecular complexity index is 1160. The predicted molar refractivity (Wildman–Crippen MR) is 132 cm³/mol. The summed E-state index contributed by atoms with van der Waals surface area (Å²) in [5.74, 6) is -2.02. The summed E-state index contributed by atoms with van der Waals surface area (Å²) in [6, 6.07) is 3.13. The minimum Gasteiger partial charge on any atom is -0.463 e. The average molecular weight is 616 g/mol. The molecule has 0 radical (unpaired) electrons. The van der Waals surface area contributed by atoms with Gasteiger partial charge in [0.25, 0.3) is 5.91 Å². The number of ether oxygens (including phenoxy) is 4. The van der Waals surface area contributed by atoms with Gasteiger partial charge in [0, 0.05) is 25.3 Å². The summed E-state index contributed by atoms with van der Waals surface area (Å²) >= 11 is 0. The lowest BCUT2D eigenvalue weighted by Crippen LogP contribution is -2.49. The fourth-order valence-electron chi connectivity index (χ4n) is 3.43. The highest BCUT2D eigenvalue weighted by Gasteiger charge is 2.55. The highest BCUT2D eigenvalue weighted by atomic mass is 32.2. The third-order valence-electron chi connectivity index (χ3n) is 5.28. The van der Waals surface area contributed by atoms with E-state index in [1.54, 1.807) is 12.3 Å². The summed E-state index contributed by atoms with van der Waals surface area (Å²) in [7, 11) is -5.84. The Morgan fingerprint density at radius 2 is 1.46 bits per heavy atom. The Morgan fingerprint density at radius 3 is 1.93 bits per heavy atom. The van der Waals surface area contributed by atoms with Gasteiger partial charge in [0.2, 0.25) is 6.10 Å². The van der Waals surface area contributed by atoms with Crippen LogP contribution in [0.25, 0.3) is 0 Å². The first-order chi connectivity index (χ1) is 19.0. The van der Waals surface area contributed by atoms with E-state index in [-0.39, 0.29) is 31.4 Å². The third-order valence-corrected chi connectivity index (χ3v) is 5.87. The second kappa shape index (κ2) is 16.2. The lowest BCUT2D eigenvalue weighted by molar-refractivity contribution is -0.765. The summed E-state index contributed by atoms with van der Waals surface area (Å²) in [4.78, 5) is 48.3. The normalized spacial score (nSPS) is 20.4. The zero-order valence-electron chi connectivity index (χ0n) is 22.7. The first kappa shape index (κ1) is 35.7. The van der Waals surface area contributed by atoms with Crippen LogP contribution in [0.15, 0.2) is 24.5 Å². The van der Waals surface area contributed by atoms with Crippen LogP contribution in [0.5, 0.6) is 0 Å². The van der Waals surface area contributed by atoms with Gasteiger partial charge in [0.15, 0.2) is 18.5 Å². The number of rotatable bonds is 12. The number of amides is 1. The fourth-order valence-corrected chi connectivity index (χ4v) is 3.43. The highest BCUT2D eigenvalue weighted by molar-refractivity contribution is 7.86. The number of hydrogen-bond acceptors (Lipinski definition) is 10. The maximum atomic E-state index is 12.4. The number of nitrogens with two attached hydrogens (primary N) is 1. The molecule has 2 heterocycles. The van der Waals surface area contributed by atoms with Crippen LogP contribution in [0.3, 0.4) is 0 Å². The molecule has 232 valence electrons. The van der Waals surface area contributed by atoms with Gasteiger partial charge in [0.05, 0.1) is 0 Å². The predicted octanol–water partition coefficient (Wildman–Crippen LogP) is 2.13. The molecule has 2 rings (SSSR count). The molecule has 1 amide bonds. The number of primary amides is 1. The van der Waals surface area contributed by atoms with Crippen molar-refractivity contribution in [3.05, 3.63) is 30.1 Å². The fraction of sp³-hybridized carbons (Fsp3) is 0.625. The van der Waals surface area contributed by atoms with Gasteiger partial charge >= 0.3 is 39.8 Å². The summed E-state index contributed by atoms with van der Waals surface area (Å²) in [5.41, 5.74) is 0.0791. The van der Waals surface area contributed by atoms with Gasteiger partial charge in [-0.2, -0.15) is 26.2 Å². The second-order valence-corrected chi connectivity index (χ2v) is 10.1. The van der Waals surface area contributed by atoms with Gasteiger partial charge in [0.1, 0.15) is 18.3 Å². The molecule has 13 nitrogen and oxygen atoms in total. The average Bonchev–Trinajstić information content (AvgIpc) is 3.19. The molecule has 4 atom stereocenters. The van der Waals surface area contributed by atoms with Crippen molar-refractivity contribution in [1.29, 1.82) is 0 Å². The van der Waals surface area contributed by atoms with Crippen molar-refractivity contribution in [2.75, 3.05) is 6.61 Å². The molecule has 0 unspecified atom stereocenters. The van der Waals surface area contributed by atoms with Crippen LogP contribution in [-0.2, 0) is 43.4 Å². The van der Waals surface area contributed by atoms with E-state index in [1.807, 2.05) is 20.8 Å². The first-order valence-electron chi connectivity index (χ1n) is 12.6. The summed E-state index contributed by atoms with van der Waals surface area (Å²) in [5, 5.41) is 0. The van der Waals surface area contributed by atoms with Crippen molar-refractivity contribution in [3.63, 3.8) is 0 Å². The lowest BCUT2D eigenvalue weighted by Gasteiger charge is -2.22. The molecule has 3 N–H and O–H groups in total. The zero-order chi connectivity index (χ0) is 31.4. The van der Waals surface area contributed by atoms with Crippen molar-refractivity contribution in [3.8, 4) is 0 Å². The van der Waals surface area contributed by atoms with Gasteiger partial charge in [-0.05, 0) is 25.3 Å². The number of pyridine rings is 1. The van der Waals surface area contributed by atoms with Crippen LogP contribution in [0.1, 0.15) is 75.9 Å². The third kappa shape index (κ3) is 11.6. The molecule has 1 fully saturated rings. The van der Waals surface area contributed by atoms with Crippen molar-refractivity contribution in [1.82, 2.24) is 0 Å². The van der Waals surface area contributed by atoms with Crippen LogP contribution in [-0.4, -0.2) is 67.2 Å². The Morgan fingerprint density at radius 1 is 0.976 bits per heavy atom. The van der Waals surface area contributed by atoms with E-state index in [4.69, 9.17) is 37.7 Å². The van der Waals surface area contributed by atoms with Crippen molar-refractivity contribution < 1.29 is 68.8 Å². The molecule has 0 bridgehead atoms. The lowest BCUT2D eigenvalue weighted by atomic mass is 10.1. The smallest absolute Gasteiger partial charge is 0.463 e. The second-order valence-electron chi connectivity index (χ2n) is 8.73. The molecule has 0 aliphatic carbocycles. The number of halogens is 3. The highest BCUT2D eigenvalue weighted by Crippen LogP contribution is 2.32. The molecular weight excluding hydrogens is 581 g/mol. The zero-order valence-corrected chi connectivity index (χ0v) is 23.5. The van der Waals surface area contributed by atoms with Gasteiger partial charge in [-0.25, -0.2) is 0 Å². The van der Waals surface area contributed by atoms with Crippen LogP contribution in [0.4, 0.5) is 13.2 Å². The van der Waals surface area contributed by atoms with Gasteiger partial charge in [-0.15, -0.1) is 0 Å². The number of carbonyl (C=O) groups excluding carboxylic acids is 4. The van der Waals surface area contributed by atoms with E-state index in [0.29, 0.717) is 19.3 Å². The summed E-state index contributed by atoms with van der Waals surface area (Å²) in [6.45, 7) is 5.34. The molecule has 0 saturated carbocycles. The molecule has 1 aromatic heterocycles. The van der Waals surface area contributed by atoms with E-state index >= 15 is 0 Å². The van der Waals surface area contributed by atoms with E-state index in [0.717, 1.165) is 0 Å². The number of carbonyl (C=O) groups is 4. The van der Waals surface area contributed by atoms with E-state index < -0.39 is 64.0 Å². The molecule has 41 heavy (non-hydrogen) atoms. The molecule has 1 aliphatic heterocycles. The minimum absolute atomic E-state index is 0.168. The van der Waals surface area contributed by atoms with Crippen LogP contribution < -0.4 is 10.3 Å². The Hall–Kier alpha value is -3.31. The monoisotopic (exact) mass is 615 g/mol. The van der Waals surface area contributed by atoms with Crippen LogP contribution >= 0.6 is 0 Å². The number of hydrogen-bond donors (Lipinski definition) is 2. The quantitative estimate of drug-likeness (QED) is 0.115. The van der Waals surface area contributed by atoms with E-state index in [9.17, 15) is 32.3 Å². The molecule has 1 aliphatic rings. The van der Waals surface area contributed by atoms with Crippen LogP contribution in [0.2, 0.25) is 0 Å². The van der Waals surface area contributed by atoms with Gasteiger partial charge < -0.3 is 24.7 Å². The summed E-state index contributed by atoms with van der Waals surface area (Å²) in [6.07, 6.45) is 1.58. The van der Waals surface area contributed by atoms with Crippen molar-refractivity contribution >= 4 is 33.9 Å². The maximum absolute atomic E-state index is 12.4. The Kier molecular flexibility index (Phi) is 14.1. The molecule has 1 aromatic rings. The number of alkyl halides is 3. The van der Waals surface area contributed by atoms with Gasteiger partial charge in [-0.3, -0.25) is 23.7 Å². The number of esters is 3. The van der Waals surface area contributed by atoms with E-state index in [2.05, 4.69) is 0 Å². The maximum Gasteiger partial charge on any atom is 0.522 e. The van der Waals surface area contributed by atoms with Crippen LogP contribution in [0, 0.1) is 0 Å². The van der Waals surface area contributed by atoms with Crippen molar-refractivity contribution in [2.24, 2.45) is 5.73 Å². The number of nitrogens with zero attached hydrogens (tertiary/aromatic N) is 1. The minimum atomic E-state index is -5.84. The molecule has 17 heteroatoms.